The Morgan fingerprint density at radius 2 is 2.00 bits per heavy atom. The maximum atomic E-state index is 11.9. The van der Waals surface area contributed by atoms with Gasteiger partial charge in [0.15, 0.2) is 0 Å². The van der Waals surface area contributed by atoms with E-state index in [1.54, 1.807) is 24.3 Å². The minimum atomic E-state index is -1.87. The molecule has 94 valence electrons. The minimum absolute atomic E-state index is 0.0589. The van der Waals surface area contributed by atoms with E-state index in [1.165, 1.54) is 13.2 Å². The van der Waals surface area contributed by atoms with Crippen molar-refractivity contribution >= 4 is 22.7 Å². The lowest BCUT2D eigenvalue weighted by atomic mass is 10.3. The topological polar surface area (TPSA) is 61.2 Å². The van der Waals surface area contributed by atoms with E-state index in [2.05, 4.69) is 5.10 Å². The summed E-state index contributed by atoms with van der Waals surface area (Å²) >= 11 is 3.94. The first-order valence-electron chi connectivity index (χ1n) is 4.96. The third-order valence-electron chi connectivity index (χ3n) is 2.14. The number of aryl methyl sites for hydroxylation is 1. The van der Waals surface area contributed by atoms with Crippen molar-refractivity contribution in [1.82, 2.24) is 9.78 Å². The Balaban J connectivity index is 2.31. The molecular weight excluding hydrogens is 276 g/mol. The van der Waals surface area contributed by atoms with Gasteiger partial charge in [0.2, 0.25) is 11.1 Å². The number of halogens is 1. The fourth-order valence-corrected chi connectivity index (χ4v) is 2.32. The molecule has 1 atom stereocenters. The van der Waals surface area contributed by atoms with Crippen LogP contribution in [-0.4, -0.2) is 14.0 Å². The molecule has 5 nitrogen and oxygen atoms in total. The summed E-state index contributed by atoms with van der Waals surface area (Å²) in [6, 6.07) is 8.61. The molecule has 0 aliphatic heterocycles. The van der Waals surface area contributed by atoms with Crippen LogP contribution in [-0.2, 0) is 18.1 Å². The van der Waals surface area contributed by atoms with Crippen LogP contribution in [0.2, 0.25) is 5.02 Å². The van der Waals surface area contributed by atoms with E-state index in [0.29, 0.717) is 5.75 Å². The molecule has 0 amide bonds. The summed E-state index contributed by atoms with van der Waals surface area (Å²) < 4.78 is 18.2. The van der Waals surface area contributed by atoms with Crippen LogP contribution in [0.4, 0.5) is 0 Å². The van der Waals surface area contributed by atoms with Crippen LogP contribution in [0.15, 0.2) is 46.2 Å². The number of hydrogen-bond donors (Lipinski definition) is 0. The number of hydrogen-bond acceptors (Lipinski definition) is 4. The highest BCUT2D eigenvalue weighted by Gasteiger charge is 2.15. The quantitative estimate of drug-likeness (QED) is 0.858. The zero-order chi connectivity index (χ0) is 13.1. The second kappa shape index (κ2) is 5.32. The molecule has 0 saturated carbocycles. The summed E-state index contributed by atoms with van der Waals surface area (Å²) in [6.07, 6.45) is 1.25. The van der Waals surface area contributed by atoms with E-state index in [1.807, 2.05) is 6.07 Å². The molecule has 0 saturated heterocycles. The second-order valence-electron chi connectivity index (χ2n) is 3.38. The van der Waals surface area contributed by atoms with Gasteiger partial charge in [0.05, 0.1) is 6.20 Å². The molecule has 1 unspecified atom stereocenters. The molecule has 0 radical (unpaired) electrons. The Hall–Kier alpha value is -1.66. The first-order valence-corrected chi connectivity index (χ1v) is 6.42. The molecule has 0 bridgehead atoms. The van der Waals surface area contributed by atoms with Gasteiger partial charge in [0, 0.05) is 7.05 Å². The van der Waals surface area contributed by atoms with E-state index < -0.39 is 16.6 Å². The fraction of sp³-hybridized carbons (Fsp3) is 0.0909. The molecule has 0 spiro atoms. The van der Waals surface area contributed by atoms with Crippen LogP contribution < -0.4 is 9.74 Å². The monoisotopic (exact) mass is 284 g/mol. The lowest BCUT2D eigenvalue weighted by molar-refractivity contribution is 0.559. The molecule has 7 heteroatoms. The largest absolute Gasteiger partial charge is 0.397 e. The van der Waals surface area contributed by atoms with Crippen LogP contribution in [0.25, 0.3) is 0 Å². The standard InChI is InChI=1S/C11H9ClN2O3S/c1-14-11(15)10(12)9(7-13-14)18(16)17-8-5-3-2-4-6-8/h2-7H,1H3. The van der Waals surface area contributed by atoms with Gasteiger partial charge in [0.25, 0.3) is 5.56 Å². The van der Waals surface area contributed by atoms with Gasteiger partial charge in [-0.05, 0) is 12.1 Å². The molecule has 1 aromatic carbocycles. The van der Waals surface area contributed by atoms with Crippen molar-refractivity contribution in [3.05, 3.63) is 51.9 Å². The maximum Gasteiger partial charge on any atom is 0.286 e. The lowest BCUT2D eigenvalue weighted by Crippen LogP contribution is -2.22. The zero-order valence-corrected chi connectivity index (χ0v) is 10.9. The Labute approximate surface area is 111 Å². The van der Waals surface area contributed by atoms with Crippen LogP contribution in [0.5, 0.6) is 5.75 Å². The number of para-hydroxylation sites is 1. The third-order valence-corrected chi connectivity index (χ3v) is 3.63. The first-order chi connectivity index (χ1) is 8.59. The van der Waals surface area contributed by atoms with Gasteiger partial charge in [-0.1, -0.05) is 29.8 Å². The summed E-state index contributed by atoms with van der Waals surface area (Å²) in [4.78, 5) is 11.6. The highest BCUT2D eigenvalue weighted by molar-refractivity contribution is 7.80. The van der Waals surface area contributed by atoms with Gasteiger partial charge in [0.1, 0.15) is 15.7 Å². The van der Waals surface area contributed by atoms with Crippen molar-refractivity contribution in [2.75, 3.05) is 0 Å². The van der Waals surface area contributed by atoms with Crippen molar-refractivity contribution in [2.24, 2.45) is 7.05 Å². The maximum absolute atomic E-state index is 11.9. The van der Waals surface area contributed by atoms with Crippen molar-refractivity contribution in [3.8, 4) is 5.75 Å². The molecule has 0 aliphatic rings. The predicted octanol–water partition coefficient (Wildman–Crippen LogP) is 1.54. The third kappa shape index (κ3) is 2.60. The molecular formula is C11H9ClN2O3S. The van der Waals surface area contributed by atoms with E-state index in [-0.39, 0.29) is 9.92 Å². The average Bonchev–Trinajstić information content (AvgIpc) is 2.37. The number of benzene rings is 1. The van der Waals surface area contributed by atoms with Crippen LogP contribution >= 0.6 is 11.6 Å². The Bertz CT molecular complexity index is 642. The molecule has 0 N–H and O–H groups in total. The Kier molecular flexibility index (Phi) is 3.78. The summed E-state index contributed by atoms with van der Waals surface area (Å²) in [6.45, 7) is 0. The summed E-state index contributed by atoms with van der Waals surface area (Å²) in [5.41, 5.74) is -0.515. The number of nitrogens with zero attached hydrogens (tertiary/aromatic N) is 2. The van der Waals surface area contributed by atoms with E-state index in [9.17, 15) is 9.00 Å². The van der Waals surface area contributed by atoms with Crippen LogP contribution in [0.3, 0.4) is 0 Å². The fourth-order valence-electron chi connectivity index (χ4n) is 1.22. The molecule has 0 aliphatic carbocycles. The molecule has 0 fully saturated rings. The Morgan fingerprint density at radius 1 is 1.33 bits per heavy atom. The zero-order valence-electron chi connectivity index (χ0n) is 9.37. The summed E-state index contributed by atoms with van der Waals surface area (Å²) in [5, 5.41) is 3.60. The van der Waals surface area contributed by atoms with Crippen molar-refractivity contribution < 1.29 is 8.39 Å². The van der Waals surface area contributed by atoms with Gasteiger partial charge in [-0.3, -0.25) is 4.79 Å². The molecule has 2 rings (SSSR count). The highest BCUT2D eigenvalue weighted by Crippen LogP contribution is 2.18. The molecule has 2 aromatic rings. The second-order valence-corrected chi connectivity index (χ2v) is 4.84. The number of rotatable bonds is 3. The molecule has 18 heavy (non-hydrogen) atoms. The molecule has 1 aromatic heterocycles. The van der Waals surface area contributed by atoms with Crippen molar-refractivity contribution in [2.45, 2.75) is 4.90 Å². The lowest BCUT2D eigenvalue weighted by Gasteiger charge is -2.06. The SMILES string of the molecule is Cn1ncc(S(=O)Oc2ccccc2)c(Cl)c1=O. The minimum Gasteiger partial charge on any atom is -0.397 e. The molecule has 1 heterocycles. The van der Waals surface area contributed by atoms with Crippen LogP contribution in [0.1, 0.15) is 0 Å². The van der Waals surface area contributed by atoms with E-state index in [0.717, 1.165) is 4.68 Å². The normalized spacial score (nSPS) is 12.1. The van der Waals surface area contributed by atoms with Gasteiger partial charge < -0.3 is 4.18 Å². The summed E-state index contributed by atoms with van der Waals surface area (Å²) in [5.74, 6) is 0.424. The summed E-state index contributed by atoms with van der Waals surface area (Å²) in [7, 11) is 1.46. The van der Waals surface area contributed by atoms with Gasteiger partial charge in [-0.2, -0.15) is 5.10 Å². The van der Waals surface area contributed by atoms with Crippen LogP contribution in [0, 0.1) is 0 Å². The van der Waals surface area contributed by atoms with Gasteiger partial charge >= 0.3 is 0 Å². The highest BCUT2D eigenvalue weighted by atomic mass is 35.5. The van der Waals surface area contributed by atoms with Crippen molar-refractivity contribution in [1.29, 1.82) is 0 Å². The smallest absolute Gasteiger partial charge is 0.286 e. The van der Waals surface area contributed by atoms with E-state index in [4.69, 9.17) is 15.8 Å². The average molecular weight is 285 g/mol. The number of aromatic nitrogens is 2. The first kappa shape index (κ1) is 12.8. The van der Waals surface area contributed by atoms with Gasteiger partial charge in [-0.15, -0.1) is 0 Å². The van der Waals surface area contributed by atoms with E-state index >= 15 is 0 Å². The predicted molar refractivity (Wildman–Crippen MR) is 68.0 cm³/mol. The van der Waals surface area contributed by atoms with Gasteiger partial charge in [-0.25, -0.2) is 8.89 Å². The van der Waals surface area contributed by atoms with Crippen molar-refractivity contribution in [3.63, 3.8) is 0 Å². The Morgan fingerprint density at radius 3 is 2.67 bits per heavy atom.